The molecule has 2 aliphatic heterocycles. The van der Waals surface area contributed by atoms with Gasteiger partial charge in [0, 0.05) is 50.9 Å². The zero-order chi connectivity index (χ0) is 22.2. The van der Waals surface area contributed by atoms with Gasteiger partial charge >= 0.3 is 0 Å². The minimum Gasteiger partial charge on any atom is -0.353 e. The SMILES string of the molecule is O=C(C1CC(=O)N(c2ccc3c(c2)CCC3)C1)N1CCN(c2ccc([N+](=O)[O-])cn2)CC1. The summed E-state index contributed by atoms with van der Waals surface area (Å²) in [5.74, 6) is 0.384. The fourth-order valence-corrected chi connectivity index (χ4v) is 4.94. The lowest BCUT2D eigenvalue weighted by atomic mass is 10.1. The van der Waals surface area contributed by atoms with Gasteiger partial charge in [-0.15, -0.1) is 0 Å². The first-order valence-corrected chi connectivity index (χ1v) is 11.1. The van der Waals surface area contributed by atoms with Crippen LogP contribution in [0.25, 0.3) is 0 Å². The van der Waals surface area contributed by atoms with Gasteiger partial charge in [-0.1, -0.05) is 6.07 Å². The van der Waals surface area contributed by atoms with Crippen LogP contribution in [0, 0.1) is 16.0 Å². The number of carbonyl (C=O) groups excluding carboxylic acids is 2. The van der Waals surface area contributed by atoms with Gasteiger partial charge in [0.15, 0.2) is 0 Å². The number of pyridine rings is 1. The maximum atomic E-state index is 13.1. The number of nitrogens with zero attached hydrogens (tertiary/aromatic N) is 5. The zero-order valence-electron chi connectivity index (χ0n) is 17.8. The van der Waals surface area contributed by atoms with Crippen LogP contribution in [-0.4, -0.2) is 59.3 Å². The number of hydrogen-bond donors (Lipinski definition) is 0. The van der Waals surface area contributed by atoms with Gasteiger partial charge < -0.3 is 14.7 Å². The van der Waals surface area contributed by atoms with Crippen molar-refractivity contribution in [2.45, 2.75) is 25.7 Å². The van der Waals surface area contributed by atoms with Crippen molar-refractivity contribution < 1.29 is 14.5 Å². The van der Waals surface area contributed by atoms with E-state index < -0.39 is 4.92 Å². The second-order valence-electron chi connectivity index (χ2n) is 8.66. The summed E-state index contributed by atoms with van der Waals surface area (Å²) >= 11 is 0. The first-order chi connectivity index (χ1) is 15.5. The molecule has 1 aromatic heterocycles. The molecule has 5 rings (SSSR count). The number of benzene rings is 1. The first kappa shape index (κ1) is 20.4. The van der Waals surface area contributed by atoms with Crippen LogP contribution in [0.2, 0.25) is 0 Å². The number of fused-ring (bicyclic) bond motifs is 1. The third kappa shape index (κ3) is 3.79. The molecule has 2 amide bonds. The summed E-state index contributed by atoms with van der Waals surface area (Å²) in [5.41, 5.74) is 3.55. The van der Waals surface area contributed by atoms with Gasteiger partial charge in [-0.3, -0.25) is 19.7 Å². The molecule has 32 heavy (non-hydrogen) atoms. The van der Waals surface area contributed by atoms with Crippen LogP contribution >= 0.6 is 0 Å². The highest BCUT2D eigenvalue weighted by molar-refractivity contribution is 6.00. The summed E-state index contributed by atoms with van der Waals surface area (Å²) in [6.45, 7) is 2.72. The molecule has 1 aromatic carbocycles. The molecule has 1 aliphatic carbocycles. The van der Waals surface area contributed by atoms with Crippen molar-refractivity contribution in [3.8, 4) is 0 Å². The lowest BCUT2D eigenvalue weighted by molar-refractivity contribution is -0.385. The van der Waals surface area contributed by atoms with Crippen LogP contribution in [-0.2, 0) is 22.4 Å². The van der Waals surface area contributed by atoms with Crippen LogP contribution in [0.15, 0.2) is 36.5 Å². The number of rotatable bonds is 4. The van der Waals surface area contributed by atoms with E-state index in [2.05, 4.69) is 17.1 Å². The van der Waals surface area contributed by atoms with Gasteiger partial charge in [-0.05, 0) is 48.6 Å². The number of hydrogen-bond acceptors (Lipinski definition) is 6. The first-order valence-electron chi connectivity index (χ1n) is 11.1. The molecule has 0 bridgehead atoms. The Hall–Kier alpha value is -3.49. The highest BCUT2D eigenvalue weighted by Gasteiger charge is 2.38. The smallest absolute Gasteiger partial charge is 0.287 e. The van der Waals surface area contributed by atoms with Gasteiger partial charge in [0.05, 0.1) is 10.8 Å². The molecule has 0 radical (unpaired) electrons. The lowest BCUT2D eigenvalue weighted by Crippen LogP contribution is -2.51. The number of anilines is 2. The third-order valence-corrected chi connectivity index (χ3v) is 6.73. The fraction of sp³-hybridized carbons (Fsp3) is 0.435. The molecule has 2 saturated heterocycles. The predicted molar refractivity (Wildman–Crippen MR) is 119 cm³/mol. The maximum absolute atomic E-state index is 13.1. The summed E-state index contributed by atoms with van der Waals surface area (Å²) in [6.07, 6.45) is 4.83. The van der Waals surface area contributed by atoms with E-state index in [1.807, 2.05) is 15.9 Å². The van der Waals surface area contributed by atoms with Crippen molar-refractivity contribution in [3.05, 3.63) is 57.8 Å². The summed E-state index contributed by atoms with van der Waals surface area (Å²) in [7, 11) is 0. The number of carbonyl (C=O) groups is 2. The van der Waals surface area contributed by atoms with E-state index in [1.54, 1.807) is 11.0 Å². The molecule has 0 saturated carbocycles. The van der Waals surface area contributed by atoms with Crippen molar-refractivity contribution in [1.82, 2.24) is 9.88 Å². The molecule has 9 nitrogen and oxygen atoms in total. The topological polar surface area (TPSA) is 99.9 Å². The highest BCUT2D eigenvalue weighted by atomic mass is 16.6. The number of piperazine rings is 1. The van der Waals surface area contributed by atoms with Crippen molar-refractivity contribution in [2.75, 3.05) is 42.5 Å². The minimum atomic E-state index is -0.470. The molecule has 3 aliphatic rings. The Morgan fingerprint density at radius 3 is 2.56 bits per heavy atom. The molecule has 0 N–H and O–H groups in total. The fourth-order valence-electron chi connectivity index (χ4n) is 4.94. The average molecular weight is 435 g/mol. The molecule has 1 unspecified atom stereocenters. The Bertz CT molecular complexity index is 1060. The van der Waals surface area contributed by atoms with E-state index in [0.29, 0.717) is 38.5 Å². The maximum Gasteiger partial charge on any atom is 0.287 e. The molecule has 166 valence electrons. The van der Waals surface area contributed by atoms with E-state index in [9.17, 15) is 19.7 Å². The van der Waals surface area contributed by atoms with Crippen molar-refractivity contribution in [2.24, 2.45) is 5.92 Å². The minimum absolute atomic E-state index is 0.00927. The van der Waals surface area contributed by atoms with Crippen LogP contribution in [0.1, 0.15) is 24.0 Å². The van der Waals surface area contributed by atoms with Gasteiger partial charge in [0.25, 0.3) is 5.69 Å². The summed E-state index contributed by atoms with van der Waals surface area (Å²) in [4.78, 5) is 45.9. The molecule has 1 atom stereocenters. The quantitative estimate of drug-likeness (QED) is 0.539. The number of aromatic nitrogens is 1. The van der Waals surface area contributed by atoms with Crippen LogP contribution in [0.5, 0.6) is 0 Å². The summed E-state index contributed by atoms with van der Waals surface area (Å²) < 4.78 is 0. The van der Waals surface area contributed by atoms with Crippen molar-refractivity contribution in [3.63, 3.8) is 0 Å². The van der Waals surface area contributed by atoms with E-state index in [-0.39, 0.29) is 29.8 Å². The van der Waals surface area contributed by atoms with E-state index in [4.69, 9.17) is 0 Å². The average Bonchev–Trinajstić information content (AvgIpc) is 3.44. The highest BCUT2D eigenvalue weighted by Crippen LogP contribution is 2.31. The van der Waals surface area contributed by atoms with Crippen LogP contribution in [0.3, 0.4) is 0 Å². The van der Waals surface area contributed by atoms with Crippen LogP contribution in [0.4, 0.5) is 17.2 Å². The Labute approximate surface area is 185 Å². The normalized spacial score (nSPS) is 20.6. The van der Waals surface area contributed by atoms with Gasteiger partial charge in [-0.2, -0.15) is 0 Å². The lowest BCUT2D eigenvalue weighted by Gasteiger charge is -2.36. The zero-order valence-corrected chi connectivity index (χ0v) is 17.8. The van der Waals surface area contributed by atoms with Crippen LogP contribution < -0.4 is 9.80 Å². The van der Waals surface area contributed by atoms with Gasteiger partial charge in [0.1, 0.15) is 12.0 Å². The van der Waals surface area contributed by atoms with E-state index >= 15 is 0 Å². The third-order valence-electron chi connectivity index (χ3n) is 6.73. The van der Waals surface area contributed by atoms with Crippen molar-refractivity contribution in [1.29, 1.82) is 0 Å². The Balaban J connectivity index is 1.19. The number of nitro groups is 1. The molecule has 0 spiro atoms. The second-order valence-corrected chi connectivity index (χ2v) is 8.66. The molecular weight excluding hydrogens is 410 g/mol. The monoisotopic (exact) mass is 435 g/mol. The Morgan fingerprint density at radius 2 is 1.84 bits per heavy atom. The van der Waals surface area contributed by atoms with Gasteiger partial charge in [-0.25, -0.2) is 4.98 Å². The summed E-state index contributed by atoms with van der Waals surface area (Å²) in [5, 5.41) is 10.8. The molecule has 3 heterocycles. The molecule has 2 aromatic rings. The largest absolute Gasteiger partial charge is 0.353 e. The molecule has 2 fully saturated rings. The standard InChI is InChI=1S/C23H25N5O4/c29-22-13-18(15-27(22)19-5-4-16-2-1-3-17(16)12-19)23(30)26-10-8-25(9-11-26)21-7-6-20(14-24-21)28(31)32/h4-7,12,14,18H,1-3,8-11,13,15H2. The Morgan fingerprint density at radius 1 is 1.06 bits per heavy atom. The summed E-state index contributed by atoms with van der Waals surface area (Å²) in [6, 6.07) is 9.32. The van der Waals surface area contributed by atoms with Gasteiger partial charge in [0.2, 0.25) is 11.8 Å². The van der Waals surface area contributed by atoms with Crippen molar-refractivity contribution >= 4 is 29.0 Å². The van der Waals surface area contributed by atoms with E-state index in [1.165, 1.54) is 23.4 Å². The predicted octanol–water partition coefficient (Wildman–Crippen LogP) is 2.18. The van der Waals surface area contributed by atoms with E-state index in [0.717, 1.165) is 24.9 Å². The number of aryl methyl sites for hydroxylation is 2. The Kier molecular flexibility index (Phi) is 5.24. The second kappa shape index (κ2) is 8.22. The number of amides is 2. The molecular formula is C23H25N5O4. The molecule has 9 heteroatoms.